The van der Waals surface area contributed by atoms with E-state index in [1.807, 2.05) is 84.9 Å². The molecule has 1 aromatic heterocycles. The van der Waals surface area contributed by atoms with E-state index in [4.69, 9.17) is 14.5 Å². The molecule has 1 saturated heterocycles. The van der Waals surface area contributed by atoms with Crippen LogP contribution in [0.5, 0.6) is 0 Å². The molecule has 0 saturated carbocycles. The van der Waals surface area contributed by atoms with Crippen molar-refractivity contribution in [3.05, 3.63) is 155 Å². The third kappa shape index (κ3) is 6.56. The van der Waals surface area contributed by atoms with Crippen molar-refractivity contribution in [2.75, 3.05) is 5.75 Å². The number of hydrogen-bond acceptors (Lipinski definition) is 8. The summed E-state index contributed by atoms with van der Waals surface area (Å²) in [5.74, 6) is 0.191. The van der Waals surface area contributed by atoms with Gasteiger partial charge in [-0.25, -0.2) is 4.98 Å². The lowest BCUT2D eigenvalue weighted by Gasteiger charge is -2.36. The Morgan fingerprint density at radius 3 is 2.22 bits per heavy atom. The summed E-state index contributed by atoms with van der Waals surface area (Å²) in [4.78, 5) is 32.1. The Morgan fingerprint density at radius 2 is 1.47 bits per heavy atom. The lowest BCUT2D eigenvalue weighted by molar-refractivity contribution is -0.245. The van der Waals surface area contributed by atoms with Crippen LogP contribution in [0.3, 0.4) is 0 Å². The predicted octanol–water partition coefficient (Wildman–Crippen LogP) is 8.59. The van der Waals surface area contributed by atoms with Crippen LogP contribution < -0.4 is 0 Å². The van der Waals surface area contributed by atoms with Gasteiger partial charge >= 0.3 is 0 Å². The lowest BCUT2D eigenvalue weighted by atomic mass is 9.99. The number of benzene rings is 5. The van der Waals surface area contributed by atoms with E-state index < -0.39 is 6.29 Å². The van der Waals surface area contributed by atoms with Gasteiger partial charge in [0.05, 0.1) is 46.7 Å². The molecule has 2 aliphatic rings. The van der Waals surface area contributed by atoms with Crippen LogP contribution in [0.15, 0.2) is 126 Å². The fourth-order valence-corrected chi connectivity index (χ4v) is 8.49. The maximum absolute atomic E-state index is 13.0. The Bertz CT molecular complexity index is 2100. The fraction of sp³-hybridized carbons (Fsp3) is 0.175. The monoisotopic (exact) mass is 684 g/mol. The molecule has 2 amide bonds. The molecule has 7 nitrogen and oxygen atoms in total. The van der Waals surface area contributed by atoms with Crippen LogP contribution in [0.25, 0.3) is 21.3 Å². The summed E-state index contributed by atoms with van der Waals surface area (Å²) in [7, 11) is 0. The number of thiazole rings is 1. The van der Waals surface area contributed by atoms with Gasteiger partial charge in [0.25, 0.3) is 11.8 Å². The zero-order chi connectivity index (χ0) is 33.3. The molecule has 0 radical (unpaired) electrons. The largest absolute Gasteiger partial charge is 0.392 e. The van der Waals surface area contributed by atoms with Gasteiger partial charge in [-0.1, -0.05) is 96.7 Å². The van der Waals surface area contributed by atoms with Crippen molar-refractivity contribution in [3.8, 4) is 11.1 Å². The second-order valence-corrected chi connectivity index (χ2v) is 14.5. The summed E-state index contributed by atoms with van der Waals surface area (Å²) in [6, 6.07) is 39.1. The summed E-state index contributed by atoms with van der Waals surface area (Å²) in [6.07, 6.45) is -0.199. The number of aliphatic hydroxyl groups excluding tert-OH is 1. The maximum Gasteiger partial charge on any atom is 0.261 e. The van der Waals surface area contributed by atoms with Gasteiger partial charge in [-0.3, -0.25) is 14.5 Å². The quantitative estimate of drug-likeness (QED) is 0.121. The first-order valence-corrected chi connectivity index (χ1v) is 18.0. The van der Waals surface area contributed by atoms with Crippen molar-refractivity contribution in [3.63, 3.8) is 0 Å². The summed E-state index contributed by atoms with van der Waals surface area (Å²) in [5, 5.41) is 9.58. The lowest BCUT2D eigenvalue weighted by Crippen LogP contribution is -2.31. The Hall–Kier alpha value is -4.64. The van der Waals surface area contributed by atoms with E-state index in [1.165, 1.54) is 9.60 Å². The van der Waals surface area contributed by atoms with Gasteiger partial charge < -0.3 is 14.6 Å². The van der Waals surface area contributed by atoms with Crippen LogP contribution in [0, 0.1) is 0 Å². The third-order valence-electron chi connectivity index (χ3n) is 8.92. The Labute approximate surface area is 292 Å². The highest BCUT2D eigenvalue weighted by Crippen LogP contribution is 2.41. The highest BCUT2D eigenvalue weighted by molar-refractivity contribution is 8.01. The van der Waals surface area contributed by atoms with Crippen LogP contribution in [0.4, 0.5) is 0 Å². The smallest absolute Gasteiger partial charge is 0.261 e. The van der Waals surface area contributed by atoms with E-state index >= 15 is 0 Å². The molecule has 8 rings (SSSR count). The Kier molecular flexibility index (Phi) is 8.84. The number of carbonyl (C=O) groups excluding carboxylic acids is 2. The van der Waals surface area contributed by atoms with E-state index in [9.17, 15) is 14.7 Å². The molecule has 2 aliphatic heterocycles. The maximum atomic E-state index is 13.0. The zero-order valence-electron chi connectivity index (χ0n) is 26.4. The van der Waals surface area contributed by atoms with Gasteiger partial charge in [0.15, 0.2) is 10.6 Å². The van der Waals surface area contributed by atoms with Crippen LogP contribution >= 0.6 is 23.1 Å². The number of rotatable bonds is 9. The highest BCUT2D eigenvalue weighted by atomic mass is 32.2. The van der Waals surface area contributed by atoms with Gasteiger partial charge in [0, 0.05) is 17.7 Å². The van der Waals surface area contributed by atoms with Crippen LogP contribution in [-0.2, 0) is 22.6 Å². The van der Waals surface area contributed by atoms with Gasteiger partial charge in [0.1, 0.15) is 0 Å². The van der Waals surface area contributed by atoms with E-state index in [0.29, 0.717) is 17.5 Å². The average molecular weight is 685 g/mol. The molecule has 6 aromatic rings. The van der Waals surface area contributed by atoms with Crippen molar-refractivity contribution >= 4 is 45.1 Å². The van der Waals surface area contributed by atoms with E-state index in [2.05, 4.69) is 12.1 Å². The molecular formula is C40H32N2O5S2. The fourth-order valence-electron chi connectivity index (χ4n) is 6.38. The number of ether oxygens (including phenoxy) is 2. The standard InChI is InChI=1S/C40H32N2O5S2/c43-23-25-15-17-27(18-16-25)35-21-31(24-48-40-41-34-13-3-4-14-36(34)49-40)46-39(47-35)30-10-6-9-29(20-30)28-8-5-7-26(19-28)22-42-37(44)32-11-1-2-12-33(32)38(42)45/h1-20,31,35,39,43H,21-24H2/t31-,35+,39+/m1/s1. The van der Waals surface area contributed by atoms with Crippen molar-refractivity contribution in [1.29, 1.82) is 0 Å². The Morgan fingerprint density at radius 1 is 0.755 bits per heavy atom. The first kappa shape index (κ1) is 31.6. The van der Waals surface area contributed by atoms with Crippen LogP contribution in [0.2, 0.25) is 0 Å². The molecule has 49 heavy (non-hydrogen) atoms. The molecular weight excluding hydrogens is 653 g/mol. The van der Waals surface area contributed by atoms with Crippen molar-refractivity contribution in [2.24, 2.45) is 0 Å². The van der Waals surface area contributed by atoms with Crippen molar-refractivity contribution < 1.29 is 24.2 Å². The zero-order valence-corrected chi connectivity index (χ0v) is 28.0. The number of imide groups is 1. The minimum atomic E-state index is -0.598. The summed E-state index contributed by atoms with van der Waals surface area (Å²) < 4.78 is 15.4. The number of hydrogen-bond donors (Lipinski definition) is 1. The number of amides is 2. The molecule has 3 heterocycles. The summed E-state index contributed by atoms with van der Waals surface area (Å²) >= 11 is 3.40. The topological polar surface area (TPSA) is 89.0 Å². The number of fused-ring (bicyclic) bond motifs is 2. The SMILES string of the molecule is O=C1c2ccccc2C(=O)N1Cc1cccc(-c2cccc([C@H]3O[C@@H](CSc4nc5ccccc5s4)C[C@@H](c4ccc(CO)cc4)O3)c2)c1. The third-order valence-corrected chi connectivity index (χ3v) is 11.2. The summed E-state index contributed by atoms with van der Waals surface area (Å²) in [6.45, 7) is 0.185. The average Bonchev–Trinajstić information content (AvgIpc) is 3.68. The predicted molar refractivity (Wildman–Crippen MR) is 191 cm³/mol. The number of aromatic nitrogens is 1. The highest BCUT2D eigenvalue weighted by Gasteiger charge is 2.35. The summed E-state index contributed by atoms with van der Waals surface area (Å²) in [5.41, 5.74) is 7.50. The number of nitrogens with zero attached hydrogens (tertiary/aromatic N) is 2. The van der Waals surface area contributed by atoms with Gasteiger partial charge in [-0.15, -0.1) is 11.3 Å². The van der Waals surface area contributed by atoms with Gasteiger partial charge in [-0.2, -0.15) is 0 Å². The minimum Gasteiger partial charge on any atom is -0.392 e. The second-order valence-electron chi connectivity index (χ2n) is 12.2. The molecule has 3 atom stereocenters. The van der Waals surface area contributed by atoms with E-state index in [1.54, 1.807) is 47.4 Å². The molecule has 0 unspecified atom stereocenters. The van der Waals surface area contributed by atoms with Crippen molar-refractivity contribution in [2.45, 2.75) is 42.4 Å². The second kappa shape index (κ2) is 13.7. The number of thioether (sulfide) groups is 1. The molecule has 0 bridgehead atoms. The molecule has 5 aromatic carbocycles. The van der Waals surface area contributed by atoms with Crippen LogP contribution in [0.1, 0.15) is 61.8 Å². The number of para-hydroxylation sites is 1. The Balaban J connectivity index is 1.03. The molecule has 0 aliphatic carbocycles. The molecule has 1 N–H and O–H groups in total. The first-order valence-electron chi connectivity index (χ1n) is 16.2. The van der Waals surface area contributed by atoms with Gasteiger partial charge in [0.2, 0.25) is 0 Å². The van der Waals surface area contributed by atoms with E-state index in [-0.39, 0.29) is 37.2 Å². The normalized spacial score (nSPS) is 19.0. The molecule has 9 heteroatoms. The van der Waals surface area contributed by atoms with E-state index in [0.717, 1.165) is 49.0 Å². The van der Waals surface area contributed by atoms with Crippen molar-refractivity contribution in [1.82, 2.24) is 9.88 Å². The molecule has 0 spiro atoms. The molecule has 244 valence electrons. The van der Waals surface area contributed by atoms with Crippen LogP contribution in [-0.4, -0.2) is 38.7 Å². The minimum absolute atomic E-state index is 0.00867. The number of aliphatic hydroxyl groups is 1. The first-order chi connectivity index (χ1) is 24.0. The van der Waals surface area contributed by atoms with Gasteiger partial charge in [-0.05, 0) is 64.2 Å². The molecule has 1 fully saturated rings. The number of carbonyl (C=O) groups is 2.